The predicted octanol–water partition coefficient (Wildman–Crippen LogP) is 3.83. The number of carbonyl (C=O) groups excluding carboxylic acids is 1. The minimum absolute atomic E-state index is 0.0670. The Morgan fingerprint density at radius 2 is 2.00 bits per heavy atom. The zero-order valence-electron chi connectivity index (χ0n) is 15.1. The van der Waals surface area contributed by atoms with E-state index in [0.29, 0.717) is 12.0 Å². The van der Waals surface area contributed by atoms with Crippen molar-refractivity contribution in [3.8, 4) is 5.75 Å². The third-order valence-corrected chi connectivity index (χ3v) is 5.11. The maximum atomic E-state index is 13.0. The summed E-state index contributed by atoms with van der Waals surface area (Å²) in [5.41, 5.74) is 1.01. The maximum Gasteiger partial charge on any atom is 0.418 e. The van der Waals surface area contributed by atoms with Gasteiger partial charge in [0.05, 0.1) is 24.9 Å². The summed E-state index contributed by atoms with van der Waals surface area (Å²) in [5, 5.41) is 25.1. The van der Waals surface area contributed by atoms with Gasteiger partial charge in [0.25, 0.3) is 0 Å². The Bertz CT molecular complexity index is 923. The van der Waals surface area contributed by atoms with E-state index in [2.05, 4.69) is 26.6 Å². The average Bonchev–Trinajstić information content (AvgIpc) is 2.95. The molecule has 0 aromatic heterocycles. The van der Waals surface area contributed by atoms with Crippen molar-refractivity contribution in [2.75, 3.05) is 12.4 Å². The lowest BCUT2D eigenvalue weighted by molar-refractivity contribution is -0.207. The van der Waals surface area contributed by atoms with Gasteiger partial charge in [0.2, 0.25) is 0 Å². The van der Waals surface area contributed by atoms with Crippen molar-refractivity contribution in [2.24, 2.45) is 0 Å². The van der Waals surface area contributed by atoms with Crippen LogP contribution in [-0.4, -0.2) is 35.6 Å². The summed E-state index contributed by atoms with van der Waals surface area (Å²) in [6.45, 7) is 0. The Kier molecular flexibility index (Phi) is 6.06. The summed E-state index contributed by atoms with van der Waals surface area (Å²) in [6, 6.07) is 8.32. The van der Waals surface area contributed by atoms with Gasteiger partial charge in [-0.15, -0.1) is 0 Å². The summed E-state index contributed by atoms with van der Waals surface area (Å²) >= 11 is 3.07. The predicted molar refractivity (Wildman–Crippen MR) is 103 cm³/mol. The number of aliphatic hydroxyl groups excluding tert-OH is 2. The van der Waals surface area contributed by atoms with E-state index in [1.165, 1.54) is 6.07 Å². The third kappa shape index (κ3) is 4.49. The zero-order valence-corrected chi connectivity index (χ0v) is 16.7. The molecule has 3 atom stereocenters. The molecule has 156 valence electrons. The van der Waals surface area contributed by atoms with Gasteiger partial charge >= 0.3 is 12.2 Å². The lowest BCUT2D eigenvalue weighted by atomic mass is 10.1. The fourth-order valence-corrected chi connectivity index (χ4v) is 3.82. The van der Waals surface area contributed by atoms with E-state index in [9.17, 15) is 28.2 Å². The van der Waals surface area contributed by atoms with Crippen LogP contribution in [0.2, 0.25) is 0 Å². The second-order valence-electron chi connectivity index (χ2n) is 6.57. The van der Waals surface area contributed by atoms with Gasteiger partial charge in [-0.05, 0) is 29.7 Å². The summed E-state index contributed by atoms with van der Waals surface area (Å²) in [4.78, 5) is 12.4. The number of anilines is 1. The molecule has 10 heteroatoms. The maximum absolute atomic E-state index is 13.0. The number of urea groups is 1. The SMILES string of the molecule is COc1c(NC(=O)N[C@@H]2Cc3ccccc3[C@@H]2O)cc(Br)cc1[C@@H](O)C(F)(F)F. The lowest BCUT2D eigenvalue weighted by Gasteiger charge is -2.22. The number of fused-ring (bicyclic) bond motifs is 1. The van der Waals surface area contributed by atoms with E-state index < -0.39 is 36.0 Å². The molecule has 0 radical (unpaired) electrons. The molecule has 0 fully saturated rings. The molecule has 0 heterocycles. The number of carbonyl (C=O) groups is 1. The number of hydrogen-bond acceptors (Lipinski definition) is 4. The lowest BCUT2D eigenvalue weighted by Crippen LogP contribution is -2.40. The number of aliphatic hydroxyl groups is 2. The highest BCUT2D eigenvalue weighted by atomic mass is 79.9. The number of ether oxygens (including phenoxy) is 1. The fourth-order valence-electron chi connectivity index (χ4n) is 3.35. The van der Waals surface area contributed by atoms with Crippen LogP contribution in [0.15, 0.2) is 40.9 Å². The minimum Gasteiger partial charge on any atom is -0.494 e. The van der Waals surface area contributed by atoms with Crippen LogP contribution in [0.3, 0.4) is 0 Å². The molecule has 0 saturated carbocycles. The van der Waals surface area contributed by atoms with Crippen molar-refractivity contribution >= 4 is 27.6 Å². The second kappa shape index (κ2) is 8.21. The molecular weight excluding hydrogens is 457 g/mol. The molecule has 2 aromatic carbocycles. The van der Waals surface area contributed by atoms with Crippen molar-refractivity contribution in [1.82, 2.24) is 5.32 Å². The molecule has 29 heavy (non-hydrogen) atoms. The van der Waals surface area contributed by atoms with Crippen LogP contribution in [0.1, 0.15) is 28.9 Å². The van der Waals surface area contributed by atoms with Crippen LogP contribution in [0.25, 0.3) is 0 Å². The number of alkyl halides is 3. The number of hydrogen-bond donors (Lipinski definition) is 4. The summed E-state index contributed by atoms with van der Waals surface area (Å²) < 4.78 is 44.1. The number of rotatable bonds is 4. The number of amides is 2. The molecular formula is C19H18BrF3N2O4. The normalized spacial score (nSPS) is 19.4. The van der Waals surface area contributed by atoms with Crippen molar-refractivity contribution in [2.45, 2.75) is 30.8 Å². The Morgan fingerprint density at radius 1 is 1.31 bits per heavy atom. The molecule has 0 bridgehead atoms. The zero-order chi connectivity index (χ0) is 21.3. The molecule has 0 unspecified atom stereocenters. The van der Waals surface area contributed by atoms with E-state index in [1.807, 2.05) is 12.1 Å². The molecule has 2 aromatic rings. The average molecular weight is 475 g/mol. The van der Waals surface area contributed by atoms with E-state index in [4.69, 9.17) is 4.74 Å². The topological polar surface area (TPSA) is 90.8 Å². The van der Waals surface area contributed by atoms with E-state index in [-0.39, 0.29) is 15.9 Å². The van der Waals surface area contributed by atoms with Gasteiger partial charge in [-0.2, -0.15) is 13.2 Å². The fraction of sp³-hybridized carbons (Fsp3) is 0.316. The first-order valence-corrected chi connectivity index (χ1v) is 9.36. The quantitative estimate of drug-likeness (QED) is 0.541. The summed E-state index contributed by atoms with van der Waals surface area (Å²) in [6.07, 6.45) is -8.18. The molecule has 0 saturated heterocycles. The van der Waals surface area contributed by atoms with E-state index >= 15 is 0 Å². The smallest absolute Gasteiger partial charge is 0.418 e. The molecule has 6 nitrogen and oxygen atoms in total. The highest BCUT2D eigenvalue weighted by Crippen LogP contribution is 2.42. The van der Waals surface area contributed by atoms with E-state index in [0.717, 1.165) is 18.7 Å². The Balaban J connectivity index is 1.80. The van der Waals surface area contributed by atoms with Crippen LogP contribution in [0.5, 0.6) is 5.75 Å². The Labute approximate surface area is 172 Å². The van der Waals surface area contributed by atoms with Crippen molar-refractivity contribution in [3.05, 3.63) is 57.6 Å². The Hall–Kier alpha value is -2.30. The first-order valence-electron chi connectivity index (χ1n) is 8.57. The monoisotopic (exact) mass is 474 g/mol. The molecule has 1 aliphatic carbocycles. The third-order valence-electron chi connectivity index (χ3n) is 4.65. The molecule has 1 aliphatic rings. The minimum atomic E-state index is -4.91. The molecule has 4 N–H and O–H groups in total. The number of halogens is 4. The molecule has 2 amide bonds. The number of methoxy groups -OCH3 is 1. The number of nitrogens with one attached hydrogen (secondary N) is 2. The summed E-state index contributed by atoms with van der Waals surface area (Å²) in [7, 11) is 1.14. The Morgan fingerprint density at radius 3 is 2.62 bits per heavy atom. The van der Waals surface area contributed by atoms with Crippen LogP contribution >= 0.6 is 15.9 Å². The molecule has 0 aliphatic heterocycles. The highest BCUT2D eigenvalue weighted by Gasteiger charge is 2.41. The first-order chi connectivity index (χ1) is 13.6. The van der Waals surface area contributed by atoms with E-state index in [1.54, 1.807) is 12.1 Å². The highest BCUT2D eigenvalue weighted by molar-refractivity contribution is 9.10. The van der Waals surface area contributed by atoms with Crippen molar-refractivity contribution < 1.29 is 32.9 Å². The van der Waals surface area contributed by atoms with Crippen LogP contribution < -0.4 is 15.4 Å². The van der Waals surface area contributed by atoms with Gasteiger partial charge in [0.15, 0.2) is 6.10 Å². The van der Waals surface area contributed by atoms with Crippen molar-refractivity contribution in [1.29, 1.82) is 0 Å². The van der Waals surface area contributed by atoms with Gasteiger partial charge in [0, 0.05) is 10.0 Å². The van der Waals surface area contributed by atoms with Gasteiger partial charge in [-0.25, -0.2) is 4.79 Å². The largest absolute Gasteiger partial charge is 0.494 e. The standard InChI is InChI=1S/C19H18BrF3N2O4/c1-29-16-12(17(27)19(21,22)23)7-10(20)8-14(16)25-18(28)24-13-6-9-4-2-3-5-11(9)15(13)26/h2-5,7-8,13,15,17,26-27H,6H2,1H3,(H2,24,25,28)/t13-,15+,17-/m1/s1. The second-order valence-corrected chi connectivity index (χ2v) is 7.49. The van der Waals surface area contributed by atoms with Gasteiger partial charge in [-0.3, -0.25) is 0 Å². The van der Waals surface area contributed by atoms with Gasteiger partial charge < -0.3 is 25.6 Å². The van der Waals surface area contributed by atoms with Crippen LogP contribution in [0.4, 0.5) is 23.7 Å². The number of benzene rings is 2. The van der Waals surface area contributed by atoms with Crippen LogP contribution in [0, 0.1) is 0 Å². The summed E-state index contributed by atoms with van der Waals surface area (Å²) in [5.74, 6) is -0.316. The van der Waals surface area contributed by atoms with Gasteiger partial charge in [0.1, 0.15) is 5.75 Å². The van der Waals surface area contributed by atoms with Gasteiger partial charge in [-0.1, -0.05) is 40.2 Å². The van der Waals surface area contributed by atoms with Crippen molar-refractivity contribution in [3.63, 3.8) is 0 Å². The first kappa shape index (κ1) is 21.4. The molecule has 0 spiro atoms. The molecule has 3 rings (SSSR count). The van der Waals surface area contributed by atoms with Crippen LogP contribution in [-0.2, 0) is 6.42 Å².